The van der Waals surface area contributed by atoms with Crippen LogP contribution in [0, 0.1) is 0 Å². The van der Waals surface area contributed by atoms with Crippen LogP contribution < -0.4 is 4.90 Å². The number of nitrogens with zero attached hydrogens (tertiary/aromatic N) is 6. The lowest BCUT2D eigenvalue weighted by Crippen LogP contribution is -2.35. The van der Waals surface area contributed by atoms with Crippen LogP contribution >= 0.6 is 0 Å². The van der Waals surface area contributed by atoms with Gasteiger partial charge in [-0.25, -0.2) is 4.98 Å². The summed E-state index contributed by atoms with van der Waals surface area (Å²) in [5.41, 5.74) is 0.625. The molecule has 0 spiro atoms. The molecule has 1 aliphatic rings. The summed E-state index contributed by atoms with van der Waals surface area (Å²) in [5.74, 6) is 2.35. The Balaban J connectivity index is 1.53. The molecule has 116 valence electrons. The van der Waals surface area contributed by atoms with Crippen LogP contribution in [0.25, 0.3) is 11.5 Å². The second kappa shape index (κ2) is 6.12. The molecule has 0 unspecified atom stereocenters. The summed E-state index contributed by atoms with van der Waals surface area (Å²) in [6.45, 7) is 1.83. The highest BCUT2D eigenvalue weighted by atomic mass is 16.5. The molecule has 1 fully saturated rings. The van der Waals surface area contributed by atoms with Crippen LogP contribution in [0.5, 0.6) is 0 Å². The molecule has 3 aromatic rings. The van der Waals surface area contributed by atoms with E-state index in [4.69, 9.17) is 4.52 Å². The normalized spacial score (nSPS) is 18.1. The summed E-state index contributed by atoms with van der Waals surface area (Å²) in [4.78, 5) is 11.2. The summed E-state index contributed by atoms with van der Waals surface area (Å²) in [6, 6.07) is 9.59. The van der Waals surface area contributed by atoms with E-state index in [0.717, 1.165) is 31.7 Å². The third-order valence-electron chi connectivity index (χ3n) is 3.99. The van der Waals surface area contributed by atoms with Gasteiger partial charge in [-0.2, -0.15) is 10.1 Å². The lowest BCUT2D eigenvalue weighted by molar-refractivity contribution is 0.333. The Hall–Kier alpha value is -2.83. The topological polar surface area (TPSA) is 80.8 Å². The molecule has 7 heteroatoms. The van der Waals surface area contributed by atoms with Gasteiger partial charge in [0.25, 0.3) is 0 Å². The highest BCUT2D eigenvalue weighted by molar-refractivity contribution is 5.46. The minimum Gasteiger partial charge on any atom is -0.356 e. The lowest BCUT2D eigenvalue weighted by atomic mass is 9.98. The Morgan fingerprint density at radius 2 is 2.13 bits per heavy atom. The molecule has 0 bridgehead atoms. The molecule has 0 aliphatic carbocycles. The number of pyridine rings is 1. The molecule has 3 aromatic heterocycles. The summed E-state index contributed by atoms with van der Waals surface area (Å²) in [6.07, 6.45) is 5.55. The molecular weight excluding hydrogens is 292 g/mol. The predicted octanol–water partition coefficient (Wildman–Crippen LogP) is 2.31. The van der Waals surface area contributed by atoms with Crippen molar-refractivity contribution in [3.63, 3.8) is 0 Å². The van der Waals surface area contributed by atoms with Gasteiger partial charge in [-0.1, -0.05) is 11.2 Å². The van der Waals surface area contributed by atoms with Crippen molar-refractivity contribution in [2.75, 3.05) is 18.0 Å². The van der Waals surface area contributed by atoms with Gasteiger partial charge in [-0.05, 0) is 37.1 Å². The fraction of sp³-hybridized carbons (Fsp3) is 0.312. The number of hydrogen-bond donors (Lipinski definition) is 0. The van der Waals surface area contributed by atoms with E-state index < -0.39 is 0 Å². The second-order valence-electron chi connectivity index (χ2n) is 5.54. The van der Waals surface area contributed by atoms with Crippen molar-refractivity contribution in [1.29, 1.82) is 0 Å². The Morgan fingerprint density at radius 3 is 2.96 bits per heavy atom. The van der Waals surface area contributed by atoms with Crippen molar-refractivity contribution in [2.24, 2.45) is 0 Å². The molecule has 1 saturated heterocycles. The van der Waals surface area contributed by atoms with Gasteiger partial charge in [-0.15, -0.1) is 5.10 Å². The van der Waals surface area contributed by atoms with E-state index in [9.17, 15) is 0 Å². The van der Waals surface area contributed by atoms with Crippen LogP contribution in [0.2, 0.25) is 0 Å². The van der Waals surface area contributed by atoms with Crippen LogP contribution in [0.3, 0.4) is 0 Å². The van der Waals surface area contributed by atoms with E-state index in [2.05, 4.69) is 30.2 Å². The average molecular weight is 308 g/mol. The predicted molar refractivity (Wildman–Crippen MR) is 83.7 cm³/mol. The van der Waals surface area contributed by atoms with E-state index in [1.807, 2.05) is 36.5 Å². The van der Waals surface area contributed by atoms with Gasteiger partial charge in [0.15, 0.2) is 0 Å². The molecule has 0 saturated carbocycles. The molecule has 0 amide bonds. The molecule has 1 atom stereocenters. The molecule has 1 aliphatic heterocycles. The maximum absolute atomic E-state index is 5.47. The first-order valence-corrected chi connectivity index (χ1v) is 7.68. The zero-order chi connectivity index (χ0) is 15.5. The quantitative estimate of drug-likeness (QED) is 0.734. The van der Waals surface area contributed by atoms with Gasteiger partial charge in [0.05, 0.1) is 5.92 Å². The number of piperidine rings is 1. The van der Waals surface area contributed by atoms with E-state index in [1.54, 1.807) is 6.20 Å². The standard InChI is InChI=1S/C16H16N6O/c1-2-8-17-14(7-1)22-10-4-5-12(11-22)16-19-15(21-23-16)13-6-3-9-18-20-13/h1-3,6-9,12H,4-5,10-11H2/t12-/m1/s1. The minimum absolute atomic E-state index is 0.212. The highest BCUT2D eigenvalue weighted by Crippen LogP contribution is 2.29. The second-order valence-corrected chi connectivity index (χ2v) is 5.54. The minimum atomic E-state index is 0.212. The molecule has 0 radical (unpaired) electrons. The molecule has 0 N–H and O–H groups in total. The van der Waals surface area contributed by atoms with Gasteiger partial charge in [0, 0.05) is 25.5 Å². The zero-order valence-electron chi connectivity index (χ0n) is 12.5. The van der Waals surface area contributed by atoms with E-state index in [1.165, 1.54) is 0 Å². The Labute approximate surface area is 133 Å². The summed E-state index contributed by atoms with van der Waals surface area (Å²) in [7, 11) is 0. The number of hydrogen-bond acceptors (Lipinski definition) is 7. The number of anilines is 1. The van der Waals surface area contributed by atoms with E-state index in [-0.39, 0.29) is 5.92 Å². The van der Waals surface area contributed by atoms with Crippen molar-refractivity contribution in [2.45, 2.75) is 18.8 Å². The summed E-state index contributed by atoms with van der Waals surface area (Å²) >= 11 is 0. The molecule has 7 nitrogen and oxygen atoms in total. The fourth-order valence-electron chi connectivity index (χ4n) is 2.85. The maximum atomic E-state index is 5.47. The van der Waals surface area contributed by atoms with Crippen LogP contribution in [0.1, 0.15) is 24.7 Å². The first-order chi connectivity index (χ1) is 11.4. The van der Waals surface area contributed by atoms with E-state index in [0.29, 0.717) is 17.4 Å². The van der Waals surface area contributed by atoms with Crippen molar-refractivity contribution >= 4 is 5.82 Å². The molecule has 0 aromatic carbocycles. The highest BCUT2D eigenvalue weighted by Gasteiger charge is 2.27. The average Bonchev–Trinajstić information content (AvgIpc) is 3.14. The Morgan fingerprint density at radius 1 is 1.13 bits per heavy atom. The van der Waals surface area contributed by atoms with E-state index >= 15 is 0 Å². The largest absolute Gasteiger partial charge is 0.356 e. The maximum Gasteiger partial charge on any atom is 0.231 e. The SMILES string of the molecule is c1ccc(N2CCC[C@@H](c3nc(-c4cccnn4)no3)C2)nc1. The monoisotopic (exact) mass is 308 g/mol. The molecule has 4 heterocycles. The van der Waals surface area contributed by atoms with Crippen LogP contribution in [0.15, 0.2) is 47.2 Å². The Bertz CT molecular complexity index is 761. The lowest BCUT2D eigenvalue weighted by Gasteiger charge is -2.31. The summed E-state index contributed by atoms with van der Waals surface area (Å²) < 4.78 is 5.47. The van der Waals surface area contributed by atoms with Crippen molar-refractivity contribution in [3.05, 3.63) is 48.6 Å². The van der Waals surface area contributed by atoms with Crippen molar-refractivity contribution in [1.82, 2.24) is 25.3 Å². The molecule has 23 heavy (non-hydrogen) atoms. The smallest absolute Gasteiger partial charge is 0.231 e. The molecular formula is C16H16N6O. The third kappa shape index (κ3) is 2.90. The van der Waals surface area contributed by atoms with Gasteiger partial charge in [0.2, 0.25) is 11.7 Å². The van der Waals surface area contributed by atoms with Crippen LogP contribution in [-0.2, 0) is 0 Å². The van der Waals surface area contributed by atoms with Crippen LogP contribution in [-0.4, -0.2) is 38.4 Å². The summed E-state index contributed by atoms with van der Waals surface area (Å²) in [5, 5.41) is 11.9. The van der Waals surface area contributed by atoms with Gasteiger partial charge < -0.3 is 9.42 Å². The Kier molecular flexibility index (Phi) is 3.67. The van der Waals surface area contributed by atoms with Gasteiger partial charge >= 0.3 is 0 Å². The molecule has 4 rings (SSSR count). The third-order valence-corrected chi connectivity index (χ3v) is 3.99. The van der Waals surface area contributed by atoms with Crippen molar-refractivity contribution in [3.8, 4) is 11.5 Å². The van der Waals surface area contributed by atoms with Crippen molar-refractivity contribution < 1.29 is 4.52 Å². The fourth-order valence-corrected chi connectivity index (χ4v) is 2.85. The van der Waals surface area contributed by atoms with Gasteiger partial charge in [0.1, 0.15) is 11.5 Å². The number of rotatable bonds is 3. The van der Waals surface area contributed by atoms with Gasteiger partial charge in [-0.3, -0.25) is 0 Å². The zero-order valence-corrected chi connectivity index (χ0v) is 12.5. The first kappa shape index (κ1) is 13.8. The first-order valence-electron chi connectivity index (χ1n) is 7.68. The van der Waals surface area contributed by atoms with Crippen LogP contribution in [0.4, 0.5) is 5.82 Å². The number of aromatic nitrogens is 5.